The van der Waals surface area contributed by atoms with E-state index in [1.807, 2.05) is 11.3 Å². The molecule has 0 fully saturated rings. The van der Waals surface area contributed by atoms with Crippen LogP contribution in [0.3, 0.4) is 0 Å². The maximum atomic E-state index is 2.43. The molecule has 2 aliphatic carbocycles. The second-order valence-electron chi connectivity index (χ2n) is 8.92. The van der Waals surface area contributed by atoms with E-state index >= 15 is 0 Å². The smallest absolute Gasteiger partial charge is 0.0355 e. The van der Waals surface area contributed by atoms with Crippen molar-refractivity contribution in [1.82, 2.24) is 0 Å². The van der Waals surface area contributed by atoms with Crippen LogP contribution in [0.1, 0.15) is 22.3 Å². The van der Waals surface area contributed by atoms with Gasteiger partial charge in [0.25, 0.3) is 0 Å². The number of benzene rings is 5. The van der Waals surface area contributed by atoms with Gasteiger partial charge in [0.1, 0.15) is 0 Å². The van der Waals surface area contributed by atoms with Gasteiger partial charge < -0.3 is 0 Å². The minimum Gasteiger partial charge on any atom is -0.135 e. The Labute approximate surface area is 190 Å². The van der Waals surface area contributed by atoms with Crippen LogP contribution in [0.2, 0.25) is 0 Å². The normalized spacial score (nSPS) is 14.0. The topological polar surface area (TPSA) is 0 Å². The predicted octanol–water partition coefficient (Wildman–Crippen LogP) is 8.70. The van der Waals surface area contributed by atoms with Crippen molar-refractivity contribution in [2.75, 3.05) is 0 Å². The summed E-state index contributed by atoms with van der Waals surface area (Å²) in [6.07, 6.45) is 1.03. The highest BCUT2D eigenvalue weighted by Crippen LogP contribution is 2.51. The van der Waals surface area contributed by atoms with Crippen LogP contribution in [0, 0.1) is 0 Å². The Hall–Kier alpha value is -3.68. The largest absolute Gasteiger partial charge is 0.135 e. The lowest BCUT2D eigenvalue weighted by atomic mass is 9.93. The zero-order chi connectivity index (χ0) is 20.8. The van der Waals surface area contributed by atoms with Crippen LogP contribution in [0.15, 0.2) is 97.1 Å². The van der Waals surface area contributed by atoms with Gasteiger partial charge in [-0.3, -0.25) is 0 Å². The Morgan fingerprint density at radius 3 is 2.28 bits per heavy atom. The van der Waals surface area contributed by atoms with Crippen LogP contribution in [-0.2, 0) is 6.42 Å². The second-order valence-corrected chi connectivity index (χ2v) is 10.0. The summed E-state index contributed by atoms with van der Waals surface area (Å²) in [6.45, 7) is 0. The lowest BCUT2D eigenvalue weighted by Crippen LogP contribution is -1.91. The molecule has 2 aliphatic rings. The molecule has 0 saturated carbocycles. The number of allylic oxidation sites excluding steroid dienone is 1. The van der Waals surface area contributed by atoms with Crippen LogP contribution in [0.4, 0.5) is 0 Å². The third-order valence-electron chi connectivity index (χ3n) is 7.26. The molecule has 6 aromatic rings. The Kier molecular flexibility index (Phi) is 3.16. The van der Waals surface area contributed by atoms with Crippen molar-refractivity contribution < 1.29 is 0 Å². The van der Waals surface area contributed by atoms with Gasteiger partial charge in [0.15, 0.2) is 0 Å². The van der Waals surface area contributed by atoms with Gasteiger partial charge in [0.05, 0.1) is 0 Å². The molecule has 0 atom stereocenters. The fraction of sp³-hybridized carbons (Fsp3) is 0.0323. The van der Waals surface area contributed by atoms with E-state index in [4.69, 9.17) is 0 Å². The summed E-state index contributed by atoms with van der Waals surface area (Å²) in [5, 5.41) is 5.50. The summed E-state index contributed by atoms with van der Waals surface area (Å²) in [5.74, 6) is 0. The van der Waals surface area contributed by atoms with Crippen molar-refractivity contribution in [2.24, 2.45) is 0 Å². The molecule has 0 saturated heterocycles. The first-order valence-electron chi connectivity index (χ1n) is 11.2. The molecule has 0 amide bonds. The van der Waals surface area contributed by atoms with E-state index in [1.165, 1.54) is 75.5 Å². The molecule has 1 aromatic heterocycles. The highest BCUT2D eigenvalue weighted by molar-refractivity contribution is 7.25. The van der Waals surface area contributed by atoms with E-state index in [0.717, 1.165) is 6.42 Å². The van der Waals surface area contributed by atoms with Gasteiger partial charge in [-0.25, -0.2) is 0 Å². The fourth-order valence-corrected chi connectivity index (χ4v) is 6.91. The van der Waals surface area contributed by atoms with Gasteiger partial charge in [-0.2, -0.15) is 0 Å². The summed E-state index contributed by atoms with van der Waals surface area (Å²) in [6, 6.07) is 36.3. The van der Waals surface area contributed by atoms with E-state index in [-0.39, 0.29) is 0 Å². The Morgan fingerprint density at radius 1 is 0.562 bits per heavy atom. The van der Waals surface area contributed by atoms with Gasteiger partial charge in [-0.15, -0.1) is 11.3 Å². The van der Waals surface area contributed by atoms with Crippen molar-refractivity contribution in [3.05, 3.63) is 119 Å². The van der Waals surface area contributed by atoms with Crippen molar-refractivity contribution in [2.45, 2.75) is 6.42 Å². The summed E-state index contributed by atoms with van der Waals surface area (Å²) in [5.41, 5.74) is 11.3. The molecule has 0 bridgehead atoms. The van der Waals surface area contributed by atoms with E-state index in [1.54, 1.807) is 0 Å². The minimum atomic E-state index is 1.03. The fourth-order valence-electron chi connectivity index (χ4n) is 5.83. The summed E-state index contributed by atoms with van der Waals surface area (Å²) in [7, 11) is 0. The zero-order valence-electron chi connectivity index (χ0n) is 17.4. The molecule has 5 aromatic carbocycles. The van der Waals surface area contributed by atoms with Gasteiger partial charge in [0.2, 0.25) is 0 Å². The highest BCUT2D eigenvalue weighted by Gasteiger charge is 2.31. The van der Waals surface area contributed by atoms with E-state index in [9.17, 15) is 0 Å². The Bertz CT molecular complexity index is 1790. The van der Waals surface area contributed by atoms with Crippen molar-refractivity contribution >= 4 is 53.4 Å². The summed E-state index contributed by atoms with van der Waals surface area (Å²) >= 11 is 1.88. The van der Waals surface area contributed by atoms with Crippen molar-refractivity contribution in [3.63, 3.8) is 0 Å². The van der Waals surface area contributed by atoms with E-state index < -0.39 is 0 Å². The minimum absolute atomic E-state index is 1.03. The molecule has 0 aliphatic heterocycles. The summed E-state index contributed by atoms with van der Waals surface area (Å²) in [4.78, 5) is 0. The Morgan fingerprint density at radius 2 is 1.34 bits per heavy atom. The van der Waals surface area contributed by atoms with E-state index in [2.05, 4.69) is 97.1 Å². The molecule has 148 valence electrons. The van der Waals surface area contributed by atoms with Gasteiger partial charge in [-0.1, -0.05) is 72.8 Å². The molecule has 32 heavy (non-hydrogen) atoms. The third-order valence-corrected chi connectivity index (χ3v) is 8.41. The molecular formula is C31H18S. The quantitative estimate of drug-likeness (QED) is 0.248. The monoisotopic (exact) mass is 422 g/mol. The number of hydrogen-bond acceptors (Lipinski definition) is 1. The molecule has 1 heteroatoms. The molecule has 0 spiro atoms. The second kappa shape index (κ2) is 5.97. The first-order chi connectivity index (χ1) is 15.8. The first-order valence-corrected chi connectivity index (χ1v) is 12.0. The van der Waals surface area contributed by atoms with Gasteiger partial charge in [0, 0.05) is 20.2 Å². The lowest BCUT2D eigenvalue weighted by molar-refractivity contribution is 1.32. The molecule has 0 unspecified atom stereocenters. The summed E-state index contributed by atoms with van der Waals surface area (Å²) < 4.78 is 2.72. The van der Waals surface area contributed by atoms with E-state index in [0.29, 0.717) is 0 Å². The van der Waals surface area contributed by atoms with Crippen molar-refractivity contribution in [3.8, 4) is 11.1 Å². The SMILES string of the molecule is c1cc2c3c(cccc3c1)C1=C2Cc2ccc(-c3ccc4sc5ccccc5c4c3)cc21. The number of thiophene rings is 1. The average Bonchev–Trinajstić information content (AvgIpc) is 3.49. The molecule has 1 heterocycles. The van der Waals surface area contributed by atoms with Crippen molar-refractivity contribution in [1.29, 1.82) is 0 Å². The standard InChI is InChI=1S/C31H18S/c1-2-10-28-22(7-1)26-16-20(13-14-29(26)32-28)19-11-12-21-17-27-23-8-3-5-18-6-4-9-24(30(18)23)31(27)25(21)15-19/h1-16H,17H2. The van der Waals surface area contributed by atoms with Crippen LogP contribution in [-0.4, -0.2) is 0 Å². The van der Waals surface area contributed by atoms with Crippen LogP contribution in [0.25, 0.3) is 53.2 Å². The molecular weight excluding hydrogens is 404 g/mol. The van der Waals surface area contributed by atoms with Gasteiger partial charge in [-0.05, 0) is 86.0 Å². The molecule has 8 rings (SSSR count). The first kappa shape index (κ1) is 16.9. The lowest BCUT2D eigenvalue weighted by Gasteiger charge is -2.11. The van der Waals surface area contributed by atoms with Crippen LogP contribution < -0.4 is 0 Å². The predicted molar refractivity (Wildman–Crippen MR) is 138 cm³/mol. The molecule has 0 radical (unpaired) electrons. The van der Waals surface area contributed by atoms with Crippen LogP contribution in [0.5, 0.6) is 0 Å². The Balaban J connectivity index is 1.33. The van der Waals surface area contributed by atoms with Gasteiger partial charge >= 0.3 is 0 Å². The third kappa shape index (κ3) is 2.12. The van der Waals surface area contributed by atoms with Crippen LogP contribution >= 0.6 is 11.3 Å². The zero-order valence-corrected chi connectivity index (χ0v) is 18.2. The molecule has 0 N–H and O–H groups in total. The maximum absolute atomic E-state index is 2.43. The highest BCUT2D eigenvalue weighted by atomic mass is 32.1. The number of fused-ring (bicyclic) bond motifs is 7. The maximum Gasteiger partial charge on any atom is 0.0355 e. The average molecular weight is 423 g/mol. The molecule has 0 nitrogen and oxygen atoms in total. The number of hydrogen-bond donors (Lipinski definition) is 0. The number of rotatable bonds is 1.